The van der Waals surface area contributed by atoms with Crippen molar-refractivity contribution in [3.05, 3.63) is 67.4 Å². The minimum absolute atomic E-state index is 0.0192. The summed E-state index contributed by atoms with van der Waals surface area (Å²) in [5.74, 6) is -0.352. The Balaban J connectivity index is 1.69. The van der Waals surface area contributed by atoms with E-state index in [2.05, 4.69) is 5.10 Å². The standard InChI is InChI=1S/C21H19ClF2N4O7S/c1-11-8-12(28-21(31)25-20(30)17(26-28)19(23)24)9-14(22)18(11)35-13-2-3-15(29)16(10-13)36(32,33)27-4-6-34-7-5-27/h2-3,8-10,19,29H,4-7H2,1H3,(H,25,30,31). The fourth-order valence-corrected chi connectivity index (χ4v) is 5.31. The van der Waals surface area contributed by atoms with Crippen LogP contribution in [0.1, 0.15) is 17.7 Å². The molecule has 11 nitrogen and oxygen atoms in total. The number of halogens is 3. The van der Waals surface area contributed by atoms with Gasteiger partial charge < -0.3 is 14.6 Å². The van der Waals surface area contributed by atoms with Crippen LogP contribution in [0.25, 0.3) is 5.69 Å². The number of benzene rings is 2. The number of nitrogens with zero attached hydrogens (tertiary/aromatic N) is 3. The number of sulfonamides is 1. The van der Waals surface area contributed by atoms with Crippen LogP contribution in [0.5, 0.6) is 17.2 Å². The van der Waals surface area contributed by atoms with Crippen LogP contribution in [-0.2, 0) is 14.8 Å². The normalized spacial score (nSPS) is 14.8. The van der Waals surface area contributed by atoms with Gasteiger partial charge in [-0.15, -0.1) is 0 Å². The van der Waals surface area contributed by atoms with Gasteiger partial charge in [0.25, 0.3) is 12.0 Å². The highest BCUT2D eigenvalue weighted by molar-refractivity contribution is 7.89. The van der Waals surface area contributed by atoms with Crippen LogP contribution >= 0.6 is 11.6 Å². The van der Waals surface area contributed by atoms with Crippen LogP contribution < -0.4 is 16.0 Å². The number of hydrogen-bond donors (Lipinski definition) is 2. The molecule has 3 aromatic rings. The average molecular weight is 545 g/mol. The molecule has 15 heteroatoms. The fourth-order valence-electron chi connectivity index (χ4n) is 3.50. The van der Waals surface area contributed by atoms with Crippen molar-refractivity contribution in [3.63, 3.8) is 0 Å². The number of hydrogen-bond acceptors (Lipinski definition) is 8. The molecule has 192 valence electrons. The number of phenolic OH excluding ortho intramolecular Hbond substituents is 1. The highest BCUT2D eigenvalue weighted by Crippen LogP contribution is 2.37. The van der Waals surface area contributed by atoms with Gasteiger partial charge in [-0.2, -0.15) is 14.1 Å². The Bertz CT molecular complexity index is 1510. The summed E-state index contributed by atoms with van der Waals surface area (Å²) < 4.78 is 64.8. The summed E-state index contributed by atoms with van der Waals surface area (Å²) >= 11 is 6.33. The van der Waals surface area contributed by atoms with Crippen molar-refractivity contribution in [3.8, 4) is 22.9 Å². The highest BCUT2D eigenvalue weighted by atomic mass is 35.5. The van der Waals surface area contributed by atoms with Gasteiger partial charge in [-0.3, -0.25) is 9.78 Å². The van der Waals surface area contributed by atoms with Gasteiger partial charge in [0.05, 0.1) is 23.9 Å². The van der Waals surface area contributed by atoms with Gasteiger partial charge in [0.1, 0.15) is 22.1 Å². The largest absolute Gasteiger partial charge is 0.507 e. The predicted octanol–water partition coefficient (Wildman–Crippen LogP) is 2.34. The van der Waals surface area contributed by atoms with Crippen molar-refractivity contribution in [1.82, 2.24) is 19.1 Å². The molecule has 0 spiro atoms. The van der Waals surface area contributed by atoms with E-state index in [-0.39, 0.29) is 53.4 Å². The van der Waals surface area contributed by atoms with Crippen LogP contribution in [0.3, 0.4) is 0 Å². The van der Waals surface area contributed by atoms with Crippen LogP contribution in [0.4, 0.5) is 8.78 Å². The smallest absolute Gasteiger partial charge is 0.349 e. The maximum Gasteiger partial charge on any atom is 0.349 e. The van der Waals surface area contributed by atoms with E-state index in [4.69, 9.17) is 21.1 Å². The van der Waals surface area contributed by atoms with E-state index in [1.165, 1.54) is 22.5 Å². The van der Waals surface area contributed by atoms with Crippen molar-refractivity contribution in [1.29, 1.82) is 0 Å². The number of aromatic nitrogens is 3. The van der Waals surface area contributed by atoms with Crippen molar-refractivity contribution in [2.24, 2.45) is 0 Å². The van der Waals surface area contributed by atoms with Gasteiger partial charge in [0, 0.05) is 19.2 Å². The number of rotatable bonds is 6. The zero-order chi connectivity index (χ0) is 26.2. The molecule has 1 fully saturated rings. The molecular formula is C21H19ClF2N4O7S. The van der Waals surface area contributed by atoms with E-state index in [0.717, 1.165) is 12.1 Å². The van der Waals surface area contributed by atoms with Gasteiger partial charge in [0.2, 0.25) is 10.0 Å². The number of morpholine rings is 1. The zero-order valence-corrected chi connectivity index (χ0v) is 20.1. The first-order chi connectivity index (χ1) is 17.0. The monoisotopic (exact) mass is 544 g/mol. The quantitative estimate of drug-likeness (QED) is 0.481. The van der Waals surface area contributed by atoms with E-state index in [1.54, 1.807) is 11.9 Å². The second-order valence-corrected chi connectivity index (χ2v) is 9.99. The summed E-state index contributed by atoms with van der Waals surface area (Å²) in [5.41, 5.74) is -3.17. The highest BCUT2D eigenvalue weighted by Gasteiger charge is 2.29. The summed E-state index contributed by atoms with van der Waals surface area (Å²) in [6, 6.07) is 6.20. The number of phenols is 1. The second kappa shape index (κ2) is 9.97. The lowest BCUT2D eigenvalue weighted by molar-refractivity contribution is 0.0729. The summed E-state index contributed by atoms with van der Waals surface area (Å²) in [4.78, 5) is 25.1. The molecule has 2 N–H and O–H groups in total. The van der Waals surface area contributed by atoms with E-state index >= 15 is 0 Å². The Morgan fingerprint density at radius 1 is 1.19 bits per heavy atom. The number of aromatic amines is 1. The Morgan fingerprint density at radius 2 is 1.89 bits per heavy atom. The van der Waals surface area contributed by atoms with Gasteiger partial charge in [-0.05, 0) is 36.8 Å². The Hall–Kier alpha value is -3.33. The van der Waals surface area contributed by atoms with Crippen LogP contribution in [0, 0.1) is 6.92 Å². The first-order valence-electron chi connectivity index (χ1n) is 10.4. The van der Waals surface area contributed by atoms with Crippen LogP contribution in [-0.4, -0.2) is 58.9 Å². The molecule has 1 aromatic heterocycles. The third-order valence-corrected chi connectivity index (χ3v) is 7.47. The summed E-state index contributed by atoms with van der Waals surface area (Å²) in [7, 11) is -4.04. The second-order valence-electron chi connectivity index (χ2n) is 7.68. The predicted molar refractivity (Wildman–Crippen MR) is 123 cm³/mol. The van der Waals surface area contributed by atoms with E-state index in [0.29, 0.717) is 10.2 Å². The lowest BCUT2D eigenvalue weighted by Crippen LogP contribution is -2.40. The maximum absolute atomic E-state index is 13.1. The topological polar surface area (TPSA) is 144 Å². The van der Waals surface area contributed by atoms with E-state index < -0.39 is 39.1 Å². The number of nitrogens with one attached hydrogen (secondary N) is 1. The molecule has 1 saturated heterocycles. The van der Waals surface area contributed by atoms with Crippen molar-refractivity contribution in [2.45, 2.75) is 18.2 Å². The molecule has 0 unspecified atom stereocenters. The van der Waals surface area contributed by atoms with E-state index in [9.17, 15) is 31.9 Å². The summed E-state index contributed by atoms with van der Waals surface area (Å²) in [5, 5.41) is 13.6. The molecule has 0 amide bonds. The molecule has 0 atom stereocenters. The third-order valence-electron chi connectivity index (χ3n) is 5.26. The molecule has 36 heavy (non-hydrogen) atoms. The van der Waals surface area contributed by atoms with Gasteiger partial charge in [0.15, 0.2) is 5.69 Å². The minimum Gasteiger partial charge on any atom is -0.507 e. The van der Waals surface area contributed by atoms with Crippen LogP contribution in [0.15, 0.2) is 44.8 Å². The Morgan fingerprint density at radius 3 is 2.53 bits per heavy atom. The van der Waals surface area contributed by atoms with Crippen LogP contribution in [0.2, 0.25) is 5.02 Å². The number of ether oxygens (including phenoxy) is 2. The van der Waals surface area contributed by atoms with E-state index in [1.807, 2.05) is 0 Å². The van der Waals surface area contributed by atoms with Crippen molar-refractivity contribution >= 4 is 21.6 Å². The van der Waals surface area contributed by atoms with Gasteiger partial charge >= 0.3 is 5.69 Å². The summed E-state index contributed by atoms with van der Waals surface area (Å²) in [6.07, 6.45) is -3.21. The number of H-pyrrole nitrogens is 1. The minimum atomic E-state index is -4.04. The molecule has 2 heterocycles. The van der Waals surface area contributed by atoms with Crippen molar-refractivity contribution < 1.29 is 31.8 Å². The molecule has 2 aromatic carbocycles. The molecule has 0 radical (unpaired) electrons. The Labute approximate surface area is 207 Å². The lowest BCUT2D eigenvalue weighted by atomic mass is 10.2. The van der Waals surface area contributed by atoms with Gasteiger partial charge in [-0.25, -0.2) is 22.0 Å². The first-order valence-corrected chi connectivity index (χ1v) is 12.2. The Kier molecular flexibility index (Phi) is 7.13. The third kappa shape index (κ3) is 4.97. The molecule has 0 bridgehead atoms. The summed E-state index contributed by atoms with van der Waals surface area (Å²) in [6.45, 7) is 2.25. The average Bonchev–Trinajstić information content (AvgIpc) is 2.82. The van der Waals surface area contributed by atoms with Gasteiger partial charge in [-0.1, -0.05) is 11.6 Å². The number of aryl methyl sites for hydroxylation is 1. The lowest BCUT2D eigenvalue weighted by Gasteiger charge is -2.26. The number of alkyl halides is 2. The molecule has 4 rings (SSSR count). The molecule has 0 aliphatic carbocycles. The van der Waals surface area contributed by atoms with Crippen molar-refractivity contribution in [2.75, 3.05) is 26.3 Å². The SMILES string of the molecule is Cc1cc(-n2nc(C(F)F)c(=O)[nH]c2=O)cc(Cl)c1Oc1ccc(O)c(S(=O)(=O)N2CCOCC2)c1. The maximum atomic E-state index is 13.1. The molecule has 0 saturated carbocycles. The first kappa shape index (κ1) is 25.8. The zero-order valence-electron chi connectivity index (χ0n) is 18.6. The fraction of sp³-hybridized carbons (Fsp3) is 0.286. The molecular weight excluding hydrogens is 526 g/mol. The molecule has 1 aliphatic rings. The number of aromatic hydroxyl groups is 1. The molecule has 1 aliphatic heterocycles.